The number of carboxylic acid groups (broad SMARTS) is 1. The number of benzene rings is 2. The maximum Gasteiger partial charge on any atom is 0.303 e. The number of aryl methyl sites for hydroxylation is 1. The van der Waals surface area contributed by atoms with E-state index < -0.39 is 5.97 Å². The first-order valence-electron chi connectivity index (χ1n) is 9.75. The van der Waals surface area contributed by atoms with Crippen molar-refractivity contribution < 1.29 is 9.90 Å². The van der Waals surface area contributed by atoms with E-state index in [0.29, 0.717) is 6.42 Å². The van der Waals surface area contributed by atoms with Crippen molar-refractivity contribution in [3.8, 4) is 0 Å². The molecule has 3 rings (SSSR count). The number of aliphatic carboxylic acids is 1. The zero-order valence-electron chi connectivity index (χ0n) is 16.8. The summed E-state index contributed by atoms with van der Waals surface area (Å²) in [6.45, 7) is 9.46. The number of carboxylic acids is 1. The molecule has 2 aromatic carbocycles. The van der Waals surface area contributed by atoms with Crippen LogP contribution in [0.2, 0.25) is 0 Å². The fourth-order valence-electron chi connectivity index (χ4n) is 3.90. The molecule has 0 heterocycles. The summed E-state index contributed by atoms with van der Waals surface area (Å²) < 4.78 is 0. The third-order valence-electron chi connectivity index (χ3n) is 5.87. The standard InChI is InChI=1S/C24H30O2S/c1-23(2)13-14-24(3,4)21-15-18(7-11-20(21)23)16-27-19-9-5-17(6-10-19)8-12-22(25)26/h5-7,9-11,15H,8,12-14,16H2,1-4H3,(H,25,26). The van der Waals surface area contributed by atoms with Gasteiger partial charge in [0.05, 0.1) is 0 Å². The van der Waals surface area contributed by atoms with E-state index in [1.807, 2.05) is 23.9 Å². The normalized spacial score (nSPS) is 17.3. The van der Waals surface area contributed by atoms with Crippen LogP contribution in [0.25, 0.3) is 0 Å². The van der Waals surface area contributed by atoms with Gasteiger partial charge in [0.15, 0.2) is 0 Å². The van der Waals surface area contributed by atoms with Crippen LogP contribution in [0.4, 0.5) is 0 Å². The Balaban J connectivity index is 1.69. The summed E-state index contributed by atoms with van der Waals surface area (Å²) in [5.41, 5.74) is 6.00. The smallest absolute Gasteiger partial charge is 0.303 e. The molecule has 1 aliphatic rings. The molecule has 0 fully saturated rings. The molecular formula is C24H30O2S. The van der Waals surface area contributed by atoms with Gasteiger partial charge in [-0.3, -0.25) is 4.79 Å². The van der Waals surface area contributed by atoms with E-state index >= 15 is 0 Å². The zero-order valence-corrected chi connectivity index (χ0v) is 17.7. The Hall–Kier alpha value is -1.74. The molecule has 0 saturated heterocycles. The molecule has 0 aliphatic heterocycles. The predicted molar refractivity (Wildman–Crippen MR) is 114 cm³/mol. The Bertz CT molecular complexity index is 819. The fraction of sp³-hybridized carbons (Fsp3) is 0.458. The summed E-state index contributed by atoms with van der Waals surface area (Å²) >= 11 is 1.84. The largest absolute Gasteiger partial charge is 0.481 e. The highest BCUT2D eigenvalue weighted by Gasteiger charge is 2.36. The molecule has 27 heavy (non-hydrogen) atoms. The van der Waals surface area contributed by atoms with Gasteiger partial charge in [0.2, 0.25) is 0 Å². The number of rotatable bonds is 6. The maximum atomic E-state index is 10.7. The highest BCUT2D eigenvalue weighted by Crippen LogP contribution is 2.46. The summed E-state index contributed by atoms with van der Waals surface area (Å²) in [5.74, 6) is 0.213. The lowest BCUT2D eigenvalue weighted by atomic mass is 9.63. The van der Waals surface area contributed by atoms with Crippen molar-refractivity contribution in [2.45, 2.75) is 74.9 Å². The van der Waals surface area contributed by atoms with Crippen molar-refractivity contribution in [2.24, 2.45) is 0 Å². The molecule has 1 aliphatic carbocycles. The molecule has 2 aromatic rings. The Labute approximate surface area is 167 Å². The number of thioether (sulfide) groups is 1. The second-order valence-corrected chi connectivity index (χ2v) is 10.0. The molecule has 0 spiro atoms. The summed E-state index contributed by atoms with van der Waals surface area (Å²) in [6.07, 6.45) is 3.26. The molecule has 0 atom stereocenters. The Morgan fingerprint density at radius 2 is 1.52 bits per heavy atom. The summed E-state index contributed by atoms with van der Waals surface area (Å²) in [7, 11) is 0. The second kappa shape index (κ2) is 7.71. The van der Waals surface area contributed by atoms with E-state index in [2.05, 4.69) is 58.0 Å². The first kappa shape index (κ1) is 20.0. The van der Waals surface area contributed by atoms with E-state index in [1.54, 1.807) is 0 Å². The lowest BCUT2D eigenvalue weighted by Gasteiger charge is -2.42. The van der Waals surface area contributed by atoms with Crippen molar-refractivity contribution >= 4 is 17.7 Å². The number of carbonyl (C=O) groups is 1. The lowest BCUT2D eigenvalue weighted by molar-refractivity contribution is -0.136. The molecule has 2 nitrogen and oxygen atoms in total. The first-order valence-corrected chi connectivity index (χ1v) is 10.7. The lowest BCUT2D eigenvalue weighted by Crippen LogP contribution is -2.33. The van der Waals surface area contributed by atoms with Crippen LogP contribution in [0.15, 0.2) is 47.4 Å². The van der Waals surface area contributed by atoms with Gasteiger partial charge in [0.25, 0.3) is 0 Å². The minimum absolute atomic E-state index is 0.188. The van der Waals surface area contributed by atoms with Gasteiger partial charge in [-0.2, -0.15) is 0 Å². The average molecular weight is 383 g/mol. The van der Waals surface area contributed by atoms with Crippen LogP contribution in [0.5, 0.6) is 0 Å². The first-order chi connectivity index (χ1) is 12.7. The fourth-order valence-corrected chi connectivity index (χ4v) is 4.74. The van der Waals surface area contributed by atoms with E-state index in [-0.39, 0.29) is 17.3 Å². The van der Waals surface area contributed by atoms with Crippen LogP contribution in [0.1, 0.15) is 69.2 Å². The minimum Gasteiger partial charge on any atom is -0.481 e. The summed E-state index contributed by atoms with van der Waals surface area (Å²) in [4.78, 5) is 11.9. The Morgan fingerprint density at radius 1 is 0.926 bits per heavy atom. The van der Waals surface area contributed by atoms with Gasteiger partial charge in [-0.1, -0.05) is 58.0 Å². The monoisotopic (exact) mass is 382 g/mol. The molecule has 0 aromatic heterocycles. The number of hydrogen-bond donors (Lipinski definition) is 1. The van der Waals surface area contributed by atoms with Gasteiger partial charge in [0, 0.05) is 17.1 Å². The molecular weight excluding hydrogens is 352 g/mol. The predicted octanol–water partition coefficient (Wildman–Crippen LogP) is 6.35. The highest BCUT2D eigenvalue weighted by molar-refractivity contribution is 7.98. The van der Waals surface area contributed by atoms with E-state index in [1.165, 1.54) is 34.4 Å². The molecule has 3 heteroatoms. The minimum atomic E-state index is -0.744. The highest BCUT2D eigenvalue weighted by atomic mass is 32.2. The van der Waals surface area contributed by atoms with Gasteiger partial charge in [-0.15, -0.1) is 11.8 Å². The zero-order chi connectivity index (χ0) is 19.7. The summed E-state index contributed by atoms with van der Waals surface area (Å²) in [5, 5.41) is 8.79. The van der Waals surface area contributed by atoms with E-state index in [9.17, 15) is 4.79 Å². The van der Waals surface area contributed by atoms with Crippen LogP contribution >= 0.6 is 11.8 Å². The number of hydrogen-bond acceptors (Lipinski definition) is 2. The molecule has 0 amide bonds. The van der Waals surface area contributed by atoms with Gasteiger partial charge in [0.1, 0.15) is 0 Å². The Kier molecular flexibility index (Phi) is 5.71. The van der Waals surface area contributed by atoms with Crippen molar-refractivity contribution in [1.29, 1.82) is 0 Å². The van der Waals surface area contributed by atoms with Gasteiger partial charge in [-0.05, 0) is 64.5 Å². The molecule has 1 N–H and O–H groups in total. The average Bonchev–Trinajstić information content (AvgIpc) is 2.63. The van der Waals surface area contributed by atoms with Crippen LogP contribution in [0.3, 0.4) is 0 Å². The molecule has 0 unspecified atom stereocenters. The molecule has 0 bridgehead atoms. The molecule has 144 valence electrons. The molecule has 0 radical (unpaired) electrons. The van der Waals surface area contributed by atoms with Crippen molar-refractivity contribution in [3.63, 3.8) is 0 Å². The van der Waals surface area contributed by atoms with Crippen LogP contribution in [-0.2, 0) is 27.8 Å². The third-order valence-corrected chi connectivity index (χ3v) is 6.96. The van der Waals surface area contributed by atoms with Gasteiger partial charge in [-0.25, -0.2) is 0 Å². The Morgan fingerprint density at radius 3 is 2.15 bits per heavy atom. The van der Waals surface area contributed by atoms with Crippen LogP contribution < -0.4 is 0 Å². The molecule has 0 saturated carbocycles. The van der Waals surface area contributed by atoms with Gasteiger partial charge < -0.3 is 5.11 Å². The van der Waals surface area contributed by atoms with E-state index in [4.69, 9.17) is 5.11 Å². The van der Waals surface area contributed by atoms with Crippen molar-refractivity contribution in [3.05, 3.63) is 64.7 Å². The van der Waals surface area contributed by atoms with Crippen LogP contribution in [-0.4, -0.2) is 11.1 Å². The quantitative estimate of drug-likeness (QED) is 0.592. The SMILES string of the molecule is CC1(C)CCC(C)(C)c2cc(CSc3ccc(CCC(=O)O)cc3)ccc21. The number of fused-ring (bicyclic) bond motifs is 1. The third kappa shape index (κ3) is 4.76. The van der Waals surface area contributed by atoms with Crippen molar-refractivity contribution in [1.82, 2.24) is 0 Å². The van der Waals surface area contributed by atoms with Crippen LogP contribution in [0, 0.1) is 0 Å². The summed E-state index contributed by atoms with van der Waals surface area (Å²) in [6, 6.07) is 15.4. The maximum absolute atomic E-state index is 10.7. The topological polar surface area (TPSA) is 37.3 Å². The van der Waals surface area contributed by atoms with Gasteiger partial charge >= 0.3 is 5.97 Å². The second-order valence-electron chi connectivity index (χ2n) is 8.97. The van der Waals surface area contributed by atoms with E-state index in [0.717, 1.165) is 11.3 Å². The van der Waals surface area contributed by atoms with Crippen molar-refractivity contribution in [2.75, 3.05) is 0 Å².